The number of guanidine groups is 1. The number of hydrogen-bond acceptors (Lipinski definition) is 4. The second-order valence-electron chi connectivity index (χ2n) is 5.56. The number of hydrogen-bond donors (Lipinski definition) is 2. The Labute approximate surface area is 173 Å². The third kappa shape index (κ3) is 5.68. The van der Waals surface area contributed by atoms with Crippen molar-refractivity contribution in [2.75, 3.05) is 19.6 Å². The van der Waals surface area contributed by atoms with E-state index in [0.29, 0.717) is 12.5 Å². The van der Waals surface area contributed by atoms with Gasteiger partial charge in [-0.3, -0.25) is 4.79 Å². The van der Waals surface area contributed by atoms with Crippen LogP contribution in [0.1, 0.15) is 22.2 Å². The SMILES string of the molecule is CCNC(=NCC(=O)N1CCc2sccc2C1)NCc1cccs1.I. The van der Waals surface area contributed by atoms with Crippen molar-refractivity contribution in [1.29, 1.82) is 0 Å². The quantitative estimate of drug-likeness (QED) is 0.385. The maximum Gasteiger partial charge on any atom is 0.244 e. The Morgan fingerprint density at radius 3 is 2.92 bits per heavy atom. The lowest BCUT2D eigenvalue weighted by Gasteiger charge is -2.26. The molecule has 1 aliphatic heterocycles. The van der Waals surface area contributed by atoms with Crippen molar-refractivity contribution in [2.24, 2.45) is 4.99 Å². The van der Waals surface area contributed by atoms with Crippen LogP contribution in [-0.2, 0) is 24.3 Å². The van der Waals surface area contributed by atoms with Crippen molar-refractivity contribution in [3.05, 3.63) is 44.3 Å². The number of aliphatic imine (C=N–C) groups is 1. The predicted molar refractivity (Wildman–Crippen MR) is 116 cm³/mol. The third-order valence-electron chi connectivity index (χ3n) is 3.89. The van der Waals surface area contributed by atoms with E-state index in [2.05, 4.69) is 38.5 Å². The monoisotopic (exact) mass is 490 g/mol. The van der Waals surface area contributed by atoms with E-state index in [1.807, 2.05) is 17.9 Å². The number of rotatable bonds is 5. The van der Waals surface area contributed by atoms with Gasteiger partial charge in [0, 0.05) is 29.4 Å². The molecule has 0 saturated heterocycles. The van der Waals surface area contributed by atoms with Gasteiger partial charge in [0.1, 0.15) is 6.54 Å². The average molecular weight is 490 g/mol. The Kier molecular flexibility index (Phi) is 8.17. The van der Waals surface area contributed by atoms with Gasteiger partial charge >= 0.3 is 0 Å². The largest absolute Gasteiger partial charge is 0.357 e. The Hall–Kier alpha value is -1.13. The normalized spacial score (nSPS) is 13.8. The van der Waals surface area contributed by atoms with Crippen molar-refractivity contribution in [1.82, 2.24) is 15.5 Å². The summed E-state index contributed by atoms with van der Waals surface area (Å²) in [6, 6.07) is 6.23. The number of fused-ring (bicyclic) bond motifs is 1. The number of thiophene rings is 2. The first-order chi connectivity index (χ1) is 11.8. The van der Waals surface area contributed by atoms with Crippen molar-refractivity contribution in [2.45, 2.75) is 26.4 Å². The van der Waals surface area contributed by atoms with Gasteiger partial charge in [0.05, 0.1) is 6.54 Å². The molecule has 2 aromatic rings. The Morgan fingerprint density at radius 1 is 1.28 bits per heavy atom. The zero-order valence-electron chi connectivity index (χ0n) is 14.2. The zero-order valence-corrected chi connectivity index (χ0v) is 18.1. The van der Waals surface area contributed by atoms with Gasteiger partial charge in [-0.15, -0.1) is 46.7 Å². The van der Waals surface area contributed by atoms with Gasteiger partial charge in [-0.1, -0.05) is 6.07 Å². The number of halogens is 1. The van der Waals surface area contributed by atoms with Gasteiger partial charge < -0.3 is 15.5 Å². The summed E-state index contributed by atoms with van der Waals surface area (Å²) in [5, 5.41) is 10.6. The highest BCUT2D eigenvalue weighted by Crippen LogP contribution is 2.23. The number of nitrogens with zero attached hydrogens (tertiary/aromatic N) is 2. The molecule has 3 heterocycles. The van der Waals surface area contributed by atoms with Crippen LogP contribution in [-0.4, -0.2) is 36.4 Å². The summed E-state index contributed by atoms with van der Waals surface area (Å²) in [6.45, 7) is 5.20. The highest BCUT2D eigenvalue weighted by Gasteiger charge is 2.21. The van der Waals surface area contributed by atoms with E-state index in [-0.39, 0.29) is 36.4 Å². The molecule has 0 unspecified atom stereocenters. The fourth-order valence-corrected chi connectivity index (χ4v) is 4.17. The number of amides is 1. The summed E-state index contributed by atoms with van der Waals surface area (Å²) < 4.78 is 0. The summed E-state index contributed by atoms with van der Waals surface area (Å²) in [7, 11) is 0. The van der Waals surface area contributed by atoms with E-state index < -0.39 is 0 Å². The lowest BCUT2D eigenvalue weighted by atomic mass is 10.1. The van der Waals surface area contributed by atoms with E-state index in [0.717, 1.165) is 26.1 Å². The second kappa shape index (κ2) is 10.1. The summed E-state index contributed by atoms with van der Waals surface area (Å²) in [4.78, 5) is 21.4. The first-order valence-corrected chi connectivity index (χ1v) is 9.89. The van der Waals surface area contributed by atoms with Gasteiger partial charge in [0.2, 0.25) is 5.91 Å². The molecule has 0 aliphatic carbocycles. The van der Waals surface area contributed by atoms with Gasteiger partial charge in [-0.2, -0.15) is 0 Å². The van der Waals surface area contributed by atoms with Gasteiger partial charge in [-0.05, 0) is 41.8 Å². The van der Waals surface area contributed by atoms with Gasteiger partial charge in [0.15, 0.2) is 5.96 Å². The van der Waals surface area contributed by atoms with E-state index in [1.165, 1.54) is 15.3 Å². The maximum absolute atomic E-state index is 12.4. The van der Waals surface area contributed by atoms with E-state index in [9.17, 15) is 4.79 Å². The lowest BCUT2D eigenvalue weighted by Crippen LogP contribution is -2.40. The predicted octanol–water partition coefficient (Wildman–Crippen LogP) is 3.07. The van der Waals surface area contributed by atoms with Crippen molar-refractivity contribution < 1.29 is 4.79 Å². The fourth-order valence-electron chi connectivity index (χ4n) is 2.63. The van der Waals surface area contributed by atoms with E-state index >= 15 is 0 Å². The van der Waals surface area contributed by atoms with Crippen molar-refractivity contribution >= 4 is 58.5 Å². The highest BCUT2D eigenvalue weighted by molar-refractivity contribution is 14.0. The van der Waals surface area contributed by atoms with Crippen LogP contribution in [0.4, 0.5) is 0 Å². The Morgan fingerprint density at radius 2 is 2.16 bits per heavy atom. The highest BCUT2D eigenvalue weighted by atomic mass is 127. The molecule has 0 radical (unpaired) electrons. The first kappa shape index (κ1) is 20.2. The molecule has 8 heteroatoms. The van der Waals surface area contributed by atoms with Crippen LogP contribution in [0.2, 0.25) is 0 Å². The molecule has 2 aromatic heterocycles. The smallest absolute Gasteiger partial charge is 0.244 e. The molecular weight excluding hydrogens is 467 g/mol. The molecule has 5 nitrogen and oxygen atoms in total. The number of carbonyl (C=O) groups is 1. The Bertz CT molecular complexity index is 699. The minimum Gasteiger partial charge on any atom is -0.357 e. The van der Waals surface area contributed by atoms with Crippen molar-refractivity contribution in [3.8, 4) is 0 Å². The Balaban J connectivity index is 0.00000225. The van der Waals surface area contributed by atoms with Crippen molar-refractivity contribution in [3.63, 3.8) is 0 Å². The molecule has 25 heavy (non-hydrogen) atoms. The fraction of sp³-hybridized carbons (Fsp3) is 0.412. The topological polar surface area (TPSA) is 56.7 Å². The van der Waals surface area contributed by atoms with Crippen LogP contribution < -0.4 is 10.6 Å². The summed E-state index contributed by atoms with van der Waals surface area (Å²) >= 11 is 3.49. The van der Waals surface area contributed by atoms with Gasteiger partial charge in [0.25, 0.3) is 0 Å². The molecule has 0 bridgehead atoms. The number of nitrogens with one attached hydrogen (secondary N) is 2. The molecule has 136 valence electrons. The van der Waals surface area contributed by atoms with E-state index in [4.69, 9.17) is 0 Å². The molecule has 2 N–H and O–H groups in total. The molecular formula is C17H23IN4OS2. The molecule has 1 aliphatic rings. The maximum atomic E-state index is 12.4. The molecule has 0 aromatic carbocycles. The molecule has 1 amide bonds. The second-order valence-corrected chi connectivity index (χ2v) is 7.60. The van der Waals surface area contributed by atoms with Crippen LogP contribution >= 0.6 is 46.7 Å². The summed E-state index contributed by atoms with van der Waals surface area (Å²) in [6.07, 6.45) is 0.957. The minimum atomic E-state index is 0. The third-order valence-corrected chi connectivity index (χ3v) is 5.79. The summed E-state index contributed by atoms with van der Waals surface area (Å²) in [5.74, 6) is 0.771. The molecule has 0 atom stereocenters. The van der Waals surface area contributed by atoms with Gasteiger partial charge in [-0.25, -0.2) is 4.99 Å². The number of carbonyl (C=O) groups excluding carboxylic acids is 1. The van der Waals surface area contributed by atoms with Crippen LogP contribution in [0.5, 0.6) is 0 Å². The summed E-state index contributed by atoms with van der Waals surface area (Å²) in [5.41, 5.74) is 1.28. The van der Waals surface area contributed by atoms with Crippen LogP contribution in [0.15, 0.2) is 34.0 Å². The molecule has 0 fully saturated rings. The molecule has 3 rings (SSSR count). The minimum absolute atomic E-state index is 0. The zero-order chi connectivity index (χ0) is 16.8. The molecule has 0 spiro atoms. The van der Waals surface area contributed by atoms with Crippen LogP contribution in [0.3, 0.4) is 0 Å². The van der Waals surface area contributed by atoms with Crippen LogP contribution in [0, 0.1) is 0 Å². The first-order valence-electron chi connectivity index (χ1n) is 8.14. The van der Waals surface area contributed by atoms with Crippen LogP contribution in [0.25, 0.3) is 0 Å². The molecule has 0 saturated carbocycles. The average Bonchev–Trinajstić information content (AvgIpc) is 3.27. The lowest BCUT2D eigenvalue weighted by molar-refractivity contribution is -0.130. The standard InChI is InChI=1S/C17H22N4OS2.HI/c1-2-18-17(19-10-14-4-3-8-23-14)20-11-16(22)21-7-5-15-13(12-21)6-9-24-15;/h3-4,6,8-9H,2,5,7,10-12H2,1H3,(H2,18,19,20);1H. The van der Waals surface area contributed by atoms with E-state index in [1.54, 1.807) is 22.7 Å².